The minimum atomic E-state index is -0.322. The molecule has 394 valence electrons. The highest BCUT2D eigenvalue weighted by molar-refractivity contribution is 5.69. The van der Waals surface area contributed by atoms with E-state index >= 15 is 0 Å². The van der Waals surface area contributed by atoms with E-state index in [1.807, 2.05) is 0 Å². The molecule has 9 heteroatoms. The number of unbranched alkanes of at least 4 members (excludes halogenated alkanes) is 30. The molecule has 0 aliphatic heterocycles. The van der Waals surface area contributed by atoms with Crippen LogP contribution in [0.3, 0.4) is 0 Å². The maximum atomic E-state index is 12.6. The van der Waals surface area contributed by atoms with Crippen molar-refractivity contribution in [2.24, 2.45) is 0 Å². The molecule has 0 bridgehead atoms. The minimum absolute atomic E-state index is 0.0981. The Morgan fingerprint density at radius 2 is 0.682 bits per heavy atom. The van der Waals surface area contributed by atoms with Crippen LogP contribution in [0.15, 0.2) is 0 Å². The lowest BCUT2D eigenvalue weighted by molar-refractivity contribution is -0.159. The van der Waals surface area contributed by atoms with Gasteiger partial charge in [-0.2, -0.15) is 0 Å². The molecule has 0 heterocycles. The molecule has 0 saturated carbocycles. The molecule has 0 spiro atoms. The van der Waals surface area contributed by atoms with Crippen LogP contribution in [-0.4, -0.2) is 93.6 Å². The van der Waals surface area contributed by atoms with Crippen LogP contribution in [0.25, 0.3) is 0 Å². The zero-order chi connectivity index (χ0) is 48.1. The second kappa shape index (κ2) is 54.7. The van der Waals surface area contributed by atoms with Crippen molar-refractivity contribution in [1.82, 2.24) is 4.90 Å². The van der Waals surface area contributed by atoms with Crippen LogP contribution in [0.5, 0.6) is 0 Å². The number of esters is 2. The summed E-state index contributed by atoms with van der Waals surface area (Å²) in [6.45, 7) is 15.6. The molecule has 0 radical (unpaired) electrons. The average Bonchev–Trinajstić information content (AvgIpc) is 3.32. The quantitative estimate of drug-likeness (QED) is 0.0363. The van der Waals surface area contributed by atoms with E-state index in [-0.39, 0.29) is 30.9 Å². The van der Waals surface area contributed by atoms with Gasteiger partial charge in [-0.15, -0.1) is 0 Å². The standard InChI is InChI=1S/C57H113NO8/c1-5-8-11-14-17-20-27-36-49-62-54(4)41-42-55(60)63-50-37-30-23-25-32-45-58(47-34-35-48-59)46-33-26-24-31-38-51-64-56(61)43-44-57(65-52-39-28-21-18-15-12-9-6-2)66-53-40-29-22-19-16-13-10-7-3/h54,57,59H,5-53H2,1-4H3. The summed E-state index contributed by atoms with van der Waals surface area (Å²) in [5.41, 5.74) is 0. The average molecular weight is 941 g/mol. The zero-order valence-electron chi connectivity index (χ0n) is 44.6. The van der Waals surface area contributed by atoms with Crippen LogP contribution in [0.4, 0.5) is 0 Å². The SMILES string of the molecule is CCCCCCCCCCOC(C)CCC(=O)OCCCCCCCN(CCCCO)CCCCCCCOC(=O)CCC(OCCCCCCCCCC)OCCCCCCCCCC. The molecule has 0 aliphatic rings. The number of aliphatic hydroxyl groups is 1. The third kappa shape index (κ3) is 50.6. The molecular formula is C57H113NO8. The van der Waals surface area contributed by atoms with Crippen LogP contribution in [0, 0.1) is 0 Å². The molecule has 0 aliphatic carbocycles. The van der Waals surface area contributed by atoms with Crippen molar-refractivity contribution in [3.63, 3.8) is 0 Å². The van der Waals surface area contributed by atoms with E-state index in [9.17, 15) is 14.7 Å². The van der Waals surface area contributed by atoms with Crippen molar-refractivity contribution >= 4 is 11.9 Å². The van der Waals surface area contributed by atoms with Gasteiger partial charge in [0.25, 0.3) is 0 Å². The molecule has 1 atom stereocenters. The second-order valence-electron chi connectivity index (χ2n) is 19.6. The Hall–Kier alpha value is -1.26. The van der Waals surface area contributed by atoms with Gasteiger partial charge in [0.1, 0.15) is 0 Å². The van der Waals surface area contributed by atoms with Crippen molar-refractivity contribution in [1.29, 1.82) is 0 Å². The van der Waals surface area contributed by atoms with Gasteiger partial charge in [0.05, 0.1) is 25.7 Å². The fraction of sp³-hybridized carbons (Fsp3) is 0.965. The summed E-state index contributed by atoms with van der Waals surface area (Å²) >= 11 is 0. The number of hydrogen-bond acceptors (Lipinski definition) is 9. The molecule has 0 fully saturated rings. The van der Waals surface area contributed by atoms with Gasteiger partial charge in [0.15, 0.2) is 6.29 Å². The predicted molar refractivity (Wildman–Crippen MR) is 278 cm³/mol. The van der Waals surface area contributed by atoms with E-state index in [1.54, 1.807) is 0 Å². The minimum Gasteiger partial charge on any atom is -0.466 e. The van der Waals surface area contributed by atoms with E-state index in [1.165, 1.54) is 161 Å². The van der Waals surface area contributed by atoms with Gasteiger partial charge in [-0.1, -0.05) is 194 Å². The highest BCUT2D eigenvalue weighted by Gasteiger charge is 2.14. The second-order valence-corrected chi connectivity index (χ2v) is 19.6. The van der Waals surface area contributed by atoms with Crippen LogP contribution in [0.2, 0.25) is 0 Å². The number of hydrogen-bond donors (Lipinski definition) is 1. The van der Waals surface area contributed by atoms with Gasteiger partial charge in [-0.25, -0.2) is 0 Å². The third-order valence-electron chi connectivity index (χ3n) is 13.0. The monoisotopic (exact) mass is 940 g/mol. The maximum absolute atomic E-state index is 12.6. The lowest BCUT2D eigenvalue weighted by Gasteiger charge is -2.22. The highest BCUT2D eigenvalue weighted by atomic mass is 16.7. The first-order valence-electron chi connectivity index (χ1n) is 29.0. The maximum Gasteiger partial charge on any atom is 0.305 e. The molecular weight excluding hydrogens is 827 g/mol. The molecule has 0 saturated heterocycles. The summed E-state index contributed by atoms with van der Waals surface area (Å²) in [6, 6.07) is 0. The topological polar surface area (TPSA) is 104 Å². The third-order valence-corrected chi connectivity index (χ3v) is 13.0. The van der Waals surface area contributed by atoms with Crippen LogP contribution in [-0.2, 0) is 33.3 Å². The molecule has 9 nitrogen and oxygen atoms in total. The normalized spacial score (nSPS) is 12.2. The predicted octanol–water partition coefficient (Wildman–Crippen LogP) is 15.8. The van der Waals surface area contributed by atoms with Crippen molar-refractivity contribution in [3.8, 4) is 0 Å². The summed E-state index contributed by atoms with van der Waals surface area (Å²) in [4.78, 5) is 27.5. The van der Waals surface area contributed by atoms with Gasteiger partial charge >= 0.3 is 11.9 Å². The van der Waals surface area contributed by atoms with Gasteiger partial charge in [-0.3, -0.25) is 9.59 Å². The van der Waals surface area contributed by atoms with Crippen molar-refractivity contribution in [2.45, 2.75) is 297 Å². The molecule has 66 heavy (non-hydrogen) atoms. The number of rotatable bonds is 56. The number of aliphatic hydroxyl groups excluding tert-OH is 1. The molecule has 0 rings (SSSR count). The molecule has 0 aromatic carbocycles. The van der Waals surface area contributed by atoms with E-state index in [2.05, 4.69) is 32.6 Å². The summed E-state index contributed by atoms with van der Waals surface area (Å²) < 4.78 is 29.4. The number of nitrogens with zero attached hydrogens (tertiary/aromatic N) is 1. The number of carbonyl (C=O) groups is 2. The Morgan fingerprint density at radius 1 is 0.379 bits per heavy atom. The molecule has 0 aromatic heterocycles. The fourth-order valence-electron chi connectivity index (χ4n) is 8.51. The van der Waals surface area contributed by atoms with Crippen LogP contribution >= 0.6 is 0 Å². The molecule has 1 N–H and O–H groups in total. The van der Waals surface area contributed by atoms with Crippen LogP contribution in [0.1, 0.15) is 285 Å². The Labute approximate surface area is 410 Å². The largest absolute Gasteiger partial charge is 0.466 e. The van der Waals surface area contributed by atoms with Crippen molar-refractivity contribution < 1.29 is 38.4 Å². The van der Waals surface area contributed by atoms with Crippen molar-refractivity contribution in [2.75, 3.05) is 59.3 Å². The Bertz CT molecular complexity index is 947. The first kappa shape index (κ1) is 64.7. The van der Waals surface area contributed by atoms with Gasteiger partial charge < -0.3 is 33.7 Å². The first-order chi connectivity index (χ1) is 32.5. The zero-order valence-corrected chi connectivity index (χ0v) is 44.6. The molecule has 1 unspecified atom stereocenters. The Kier molecular flexibility index (Phi) is 53.6. The number of carbonyl (C=O) groups excluding carboxylic acids is 2. The van der Waals surface area contributed by atoms with E-state index in [4.69, 9.17) is 23.7 Å². The molecule has 0 aromatic rings. The summed E-state index contributed by atoms with van der Waals surface area (Å²) in [5.74, 6) is -0.238. The van der Waals surface area contributed by atoms with E-state index in [0.717, 1.165) is 103 Å². The summed E-state index contributed by atoms with van der Waals surface area (Å²) in [6.07, 6.45) is 45.5. The summed E-state index contributed by atoms with van der Waals surface area (Å²) in [7, 11) is 0. The van der Waals surface area contributed by atoms with E-state index < -0.39 is 0 Å². The Balaban J connectivity index is 4.12. The van der Waals surface area contributed by atoms with Crippen molar-refractivity contribution in [3.05, 3.63) is 0 Å². The van der Waals surface area contributed by atoms with Gasteiger partial charge in [0, 0.05) is 39.3 Å². The Morgan fingerprint density at radius 3 is 1.06 bits per heavy atom. The van der Waals surface area contributed by atoms with Gasteiger partial charge in [-0.05, 0) is 90.8 Å². The fourth-order valence-corrected chi connectivity index (χ4v) is 8.51. The van der Waals surface area contributed by atoms with E-state index in [0.29, 0.717) is 45.7 Å². The number of ether oxygens (including phenoxy) is 5. The van der Waals surface area contributed by atoms with Crippen LogP contribution < -0.4 is 0 Å². The van der Waals surface area contributed by atoms with Gasteiger partial charge in [0.2, 0.25) is 0 Å². The molecule has 0 amide bonds. The highest BCUT2D eigenvalue weighted by Crippen LogP contribution is 2.15. The lowest BCUT2D eigenvalue weighted by Crippen LogP contribution is -2.27. The smallest absolute Gasteiger partial charge is 0.305 e. The first-order valence-corrected chi connectivity index (χ1v) is 29.0. The summed E-state index contributed by atoms with van der Waals surface area (Å²) in [5, 5.41) is 9.33. The lowest BCUT2D eigenvalue weighted by atomic mass is 10.1.